The van der Waals surface area contributed by atoms with Gasteiger partial charge in [0.25, 0.3) is 0 Å². The van der Waals surface area contributed by atoms with E-state index >= 15 is 0 Å². The molecule has 0 aliphatic carbocycles. The van der Waals surface area contributed by atoms with Crippen molar-refractivity contribution in [2.45, 2.75) is 16.7 Å². The second-order valence-corrected chi connectivity index (χ2v) is 4.85. The lowest BCUT2D eigenvalue weighted by molar-refractivity contribution is 0.872. The van der Waals surface area contributed by atoms with Crippen molar-refractivity contribution in [2.24, 2.45) is 5.73 Å². The average Bonchev–Trinajstić information content (AvgIpc) is 2.32. The van der Waals surface area contributed by atoms with Gasteiger partial charge in [-0.05, 0) is 45.9 Å². The van der Waals surface area contributed by atoms with Crippen molar-refractivity contribution in [3.8, 4) is 0 Å². The van der Waals surface area contributed by atoms with Crippen LogP contribution in [0, 0.1) is 0 Å². The number of aromatic nitrogens is 3. The molecule has 0 bridgehead atoms. The second kappa shape index (κ2) is 5.38. The number of hydrogen-bond donors (Lipinski definition) is 1. The van der Waals surface area contributed by atoms with Crippen molar-refractivity contribution in [2.75, 3.05) is 0 Å². The number of hydrogen-bond acceptors (Lipinski definition) is 5. The van der Waals surface area contributed by atoms with E-state index in [1.807, 2.05) is 12.1 Å². The summed E-state index contributed by atoms with van der Waals surface area (Å²) in [6.07, 6.45) is 3.45. The minimum Gasteiger partial charge on any atom is -0.325 e. The highest BCUT2D eigenvalue weighted by Gasteiger charge is 2.02. The van der Waals surface area contributed by atoms with Crippen molar-refractivity contribution in [1.29, 1.82) is 0 Å². The monoisotopic (exact) mass is 296 g/mol. The lowest BCUT2D eigenvalue weighted by Gasteiger charge is -2.01. The van der Waals surface area contributed by atoms with Gasteiger partial charge < -0.3 is 5.73 Å². The molecule has 0 atom stereocenters. The Balaban J connectivity index is 2.16. The van der Waals surface area contributed by atoms with Crippen LogP contribution < -0.4 is 5.73 Å². The van der Waals surface area contributed by atoms with E-state index in [1.54, 1.807) is 18.5 Å². The first-order chi connectivity index (χ1) is 7.78. The molecule has 2 rings (SSSR count). The zero-order valence-electron chi connectivity index (χ0n) is 8.30. The Labute approximate surface area is 106 Å². The molecule has 82 valence electrons. The number of halogens is 1. The maximum absolute atomic E-state index is 5.51. The third-order valence-corrected chi connectivity index (χ3v) is 3.10. The molecule has 6 heteroatoms. The van der Waals surface area contributed by atoms with Crippen molar-refractivity contribution in [3.05, 3.63) is 40.8 Å². The first-order valence-corrected chi connectivity index (χ1v) is 6.20. The first kappa shape index (κ1) is 11.5. The van der Waals surface area contributed by atoms with Gasteiger partial charge in [-0.3, -0.25) is 0 Å². The molecule has 0 aromatic carbocycles. The summed E-state index contributed by atoms with van der Waals surface area (Å²) in [6, 6.07) is 5.65. The molecule has 16 heavy (non-hydrogen) atoms. The van der Waals surface area contributed by atoms with Crippen molar-refractivity contribution < 1.29 is 0 Å². The van der Waals surface area contributed by atoms with E-state index in [9.17, 15) is 0 Å². The summed E-state index contributed by atoms with van der Waals surface area (Å²) >= 11 is 4.75. The van der Waals surface area contributed by atoms with Gasteiger partial charge in [-0.15, -0.1) is 0 Å². The molecular weight excluding hydrogens is 288 g/mol. The SMILES string of the molecule is NCc1ccnc(Sc2ccc(Br)cn2)n1. The predicted molar refractivity (Wildman–Crippen MR) is 66.0 cm³/mol. The third kappa shape index (κ3) is 3.01. The average molecular weight is 297 g/mol. The minimum atomic E-state index is 0.420. The van der Waals surface area contributed by atoms with E-state index < -0.39 is 0 Å². The van der Waals surface area contributed by atoms with Gasteiger partial charge in [0.15, 0.2) is 5.16 Å². The fourth-order valence-electron chi connectivity index (χ4n) is 1.06. The normalized spacial score (nSPS) is 10.4. The van der Waals surface area contributed by atoms with E-state index in [0.717, 1.165) is 15.2 Å². The highest BCUT2D eigenvalue weighted by atomic mass is 79.9. The largest absolute Gasteiger partial charge is 0.325 e. The predicted octanol–water partition coefficient (Wildman–Crippen LogP) is 2.24. The molecule has 0 unspecified atom stereocenters. The Bertz CT molecular complexity index is 475. The lowest BCUT2D eigenvalue weighted by atomic mass is 10.4. The summed E-state index contributed by atoms with van der Waals surface area (Å²) < 4.78 is 0.952. The lowest BCUT2D eigenvalue weighted by Crippen LogP contribution is -2.00. The summed E-state index contributed by atoms with van der Waals surface area (Å²) in [7, 11) is 0. The molecule has 0 spiro atoms. The van der Waals surface area contributed by atoms with E-state index in [4.69, 9.17) is 5.73 Å². The van der Waals surface area contributed by atoms with Crippen LogP contribution >= 0.6 is 27.7 Å². The molecular formula is C10H9BrN4S. The Kier molecular flexibility index (Phi) is 3.87. The molecule has 0 saturated heterocycles. The molecule has 4 nitrogen and oxygen atoms in total. The summed E-state index contributed by atoms with van der Waals surface area (Å²) in [6.45, 7) is 0.420. The fraction of sp³-hybridized carbons (Fsp3) is 0.100. The molecule has 2 aromatic heterocycles. The smallest absolute Gasteiger partial charge is 0.194 e. The van der Waals surface area contributed by atoms with Crippen LogP contribution in [-0.2, 0) is 6.54 Å². The number of rotatable bonds is 3. The second-order valence-electron chi connectivity index (χ2n) is 2.95. The highest BCUT2D eigenvalue weighted by molar-refractivity contribution is 9.10. The number of nitrogens with zero attached hydrogens (tertiary/aromatic N) is 3. The molecule has 0 aliphatic heterocycles. The van der Waals surface area contributed by atoms with E-state index in [1.165, 1.54) is 11.8 Å². The van der Waals surface area contributed by atoms with Crippen LogP contribution in [-0.4, -0.2) is 15.0 Å². The Morgan fingerprint density at radius 1 is 1.25 bits per heavy atom. The third-order valence-electron chi connectivity index (χ3n) is 1.80. The molecule has 0 radical (unpaired) electrons. The Morgan fingerprint density at radius 2 is 2.12 bits per heavy atom. The van der Waals surface area contributed by atoms with Gasteiger partial charge in [0.1, 0.15) is 5.03 Å². The zero-order valence-corrected chi connectivity index (χ0v) is 10.7. The molecule has 2 aromatic rings. The Hall–Kier alpha value is -0.980. The molecule has 0 saturated carbocycles. The van der Waals surface area contributed by atoms with Crippen molar-refractivity contribution in [3.63, 3.8) is 0 Å². The van der Waals surface area contributed by atoms with Crippen LogP contribution in [0.1, 0.15) is 5.69 Å². The van der Waals surface area contributed by atoms with E-state index in [0.29, 0.717) is 11.7 Å². The Morgan fingerprint density at radius 3 is 2.81 bits per heavy atom. The van der Waals surface area contributed by atoms with Crippen molar-refractivity contribution >= 4 is 27.7 Å². The number of pyridine rings is 1. The molecule has 2 N–H and O–H groups in total. The van der Waals surface area contributed by atoms with Gasteiger partial charge in [0, 0.05) is 23.4 Å². The van der Waals surface area contributed by atoms with Crippen LogP contribution in [0.25, 0.3) is 0 Å². The van der Waals surface area contributed by atoms with E-state index in [-0.39, 0.29) is 0 Å². The van der Waals surface area contributed by atoms with Gasteiger partial charge in [-0.1, -0.05) is 0 Å². The van der Waals surface area contributed by atoms with Crippen LogP contribution in [0.5, 0.6) is 0 Å². The molecule has 0 fully saturated rings. The number of nitrogens with two attached hydrogens (primary N) is 1. The summed E-state index contributed by atoms with van der Waals surface area (Å²) in [5.74, 6) is 0. The highest BCUT2D eigenvalue weighted by Crippen LogP contribution is 2.23. The molecule has 2 heterocycles. The standard InChI is InChI=1S/C10H9BrN4S/c11-7-1-2-9(14-6-7)16-10-13-4-3-8(5-12)15-10/h1-4,6H,5,12H2. The van der Waals surface area contributed by atoms with Crippen LogP contribution in [0.15, 0.2) is 45.2 Å². The van der Waals surface area contributed by atoms with Crippen LogP contribution in [0.3, 0.4) is 0 Å². The summed E-state index contributed by atoms with van der Waals surface area (Å²) in [5.41, 5.74) is 6.34. The maximum atomic E-state index is 5.51. The quantitative estimate of drug-likeness (QED) is 0.880. The summed E-state index contributed by atoms with van der Waals surface area (Å²) in [4.78, 5) is 12.7. The molecule has 0 aliphatic rings. The van der Waals surface area contributed by atoms with Gasteiger partial charge in [-0.25, -0.2) is 15.0 Å². The maximum Gasteiger partial charge on any atom is 0.194 e. The van der Waals surface area contributed by atoms with Crippen molar-refractivity contribution in [1.82, 2.24) is 15.0 Å². The summed E-state index contributed by atoms with van der Waals surface area (Å²) in [5, 5.41) is 1.52. The van der Waals surface area contributed by atoms with Gasteiger partial charge in [0.05, 0.1) is 5.69 Å². The van der Waals surface area contributed by atoms with Crippen LogP contribution in [0.2, 0.25) is 0 Å². The van der Waals surface area contributed by atoms with E-state index in [2.05, 4.69) is 30.9 Å². The zero-order chi connectivity index (χ0) is 11.4. The van der Waals surface area contributed by atoms with Gasteiger partial charge in [-0.2, -0.15) is 0 Å². The van der Waals surface area contributed by atoms with Gasteiger partial charge in [0.2, 0.25) is 0 Å². The van der Waals surface area contributed by atoms with Gasteiger partial charge >= 0.3 is 0 Å². The molecule has 0 amide bonds. The minimum absolute atomic E-state index is 0.420. The topological polar surface area (TPSA) is 64.7 Å². The fourth-order valence-corrected chi connectivity index (χ4v) is 1.99. The van der Waals surface area contributed by atoms with Crippen LogP contribution in [0.4, 0.5) is 0 Å². The first-order valence-electron chi connectivity index (χ1n) is 4.59.